The molecular formula is C46H76O2Si2. The largest absolute Gasteiger partial charge is 0.413 e. The van der Waals surface area contributed by atoms with Crippen LogP contribution >= 0.6 is 0 Å². The van der Waals surface area contributed by atoms with Gasteiger partial charge in [-0.3, -0.25) is 0 Å². The molecule has 0 aliphatic carbocycles. The molecule has 0 unspecified atom stereocenters. The Morgan fingerprint density at radius 3 is 0.960 bits per heavy atom. The molecule has 4 heteroatoms. The van der Waals surface area contributed by atoms with Crippen molar-refractivity contribution in [1.29, 1.82) is 0 Å². The Morgan fingerprint density at radius 1 is 0.420 bits per heavy atom. The van der Waals surface area contributed by atoms with Crippen LogP contribution in [0.1, 0.15) is 108 Å². The first kappa shape index (κ1) is 47.5. The molecule has 0 amide bonds. The topological polar surface area (TPSA) is 18.5 Å². The summed E-state index contributed by atoms with van der Waals surface area (Å²) in [6.07, 6.45) is 41.1. The second-order valence-electron chi connectivity index (χ2n) is 17.1. The number of hydrogen-bond acceptors (Lipinski definition) is 2. The summed E-state index contributed by atoms with van der Waals surface area (Å²) in [5.74, 6) is 0. The molecule has 50 heavy (non-hydrogen) atoms. The van der Waals surface area contributed by atoms with Gasteiger partial charge >= 0.3 is 0 Å². The van der Waals surface area contributed by atoms with Crippen molar-refractivity contribution in [2.45, 2.75) is 158 Å². The molecule has 0 aromatic carbocycles. The summed E-state index contributed by atoms with van der Waals surface area (Å²) in [5, 5.41) is 0. The van der Waals surface area contributed by atoms with Crippen LogP contribution in [0.25, 0.3) is 0 Å². The van der Waals surface area contributed by atoms with Crippen molar-refractivity contribution in [1.82, 2.24) is 0 Å². The highest BCUT2D eigenvalue weighted by molar-refractivity contribution is 6.70. The van der Waals surface area contributed by atoms with E-state index in [2.05, 4.69) is 206 Å². The maximum Gasteiger partial charge on any atom is 0.184 e. The van der Waals surface area contributed by atoms with Crippen molar-refractivity contribution >= 4 is 16.6 Å². The molecule has 0 aliphatic heterocycles. The van der Waals surface area contributed by atoms with Crippen molar-refractivity contribution in [3.05, 3.63) is 131 Å². The first-order valence-corrected chi connectivity index (χ1v) is 25.6. The van der Waals surface area contributed by atoms with Gasteiger partial charge in [0.2, 0.25) is 0 Å². The van der Waals surface area contributed by atoms with Gasteiger partial charge in [-0.2, -0.15) is 0 Å². The summed E-state index contributed by atoms with van der Waals surface area (Å²) in [7, 11) is -3.02. The van der Waals surface area contributed by atoms with Gasteiger partial charge in [-0.25, -0.2) is 0 Å². The zero-order valence-corrected chi connectivity index (χ0v) is 37.3. The van der Waals surface area contributed by atoms with Crippen molar-refractivity contribution < 1.29 is 8.85 Å². The third kappa shape index (κ3) is 30.3. The molecule has 0 aromatic heterocycles. The Morgan fingerprint density at radius 2 is 0.680 bits per heavy atom. The average molecular weight is 717 g/mol. The highest BCUT2D eigenvalue weighted by atomic mass is 28.4. The summed E-state index contributed by atoms with van der Waals surface area (Å²) in [6, 6.07) is 0. The van der Waals surface area contributed by atoms with E-state index in [0.29, 0.717) is 0 Å². The van der Waals surface area contributed by atoms with Crippen molar-refractivity contribution in [2.24, 2.45) is 0 Å². The molecule has 0 fully saturated rings. The van der Waals surface area contributed by atoms with Crippen LogP contribution in [0, 0.1) is 0 Å². The second kappa shape index (κ2) is 23.9. The van der Waals surface area contributed by atoms with Gasteiger partial charge in [0.05, 0.1) is 11.2 Å². The Hall–Kier alpha value is -2.51. The van der Waals surface area contributed by atoms with Crippen LogP contribution in [0.2, 0.25) is 39.3 Å². The summed E-state index contributed by atoms with van der Waals surface area (Å²) in [5.41, 5.74) is 7.64. The molecule has 0 bridgehead atoms. The predicted molar refractivity (Wildman–Crippen MR) is 233 cm³/mol. The maximum atomic E-state index is 6.34. The van der Waals surface area contributed by atoms with E-state index < -0.39 is 16.6 Å². The van der Waals surface area contributed by atoms with Crippen LogP contribution < -0.4 is 0 Å². The van der Waals surface area contributed by atoms with Crippen LogP contribution in [0.3, 0.4) is 0 Å². The van der Waals surface area contributed by atoms with E-state index in [4.69, 9.17) is 8.85 Å². The van der Waals surface area contributed by atoms with Crippen LogP contribution in [-0.4, -0.2) is 27.8 Å². The van der Waals surface area contributed by atoms with E-state index in [1.54, 1.807) is 0 Å². The average Bonchev–Trinajstić information content (AvgIpc) is 2.92. The normalized spacial score (nSPS) is 16.2. The van der Waals surface area contributed by atoms with Crippen LogP contribution in [-0.2, 0) is 8.85 Å². The monoisotopic (exact) mass is 717 g/mol. The van der Waals surface area contributed by atoms with E-state index in [0.717, 1.165) is 38.5 Å². The molecule has 0 saturated heterocycles. The number of hydrogen-bond donors (Lipinski definition) is 0. The lowest BCUT2D eigenvalue weighted by Crippen LogP contribution is -2.38. The molecule has 0 aliphatic rings. The van der Waals surface area contributed by atoms with Gasteiger partial charge in [-0.15, -0.1) is 0 Å². The zero-order valence-electron chi connectivity index (χ0n) is 35.3. The van der Waals surface area contributed by atoms with E-state index in [9.17, 15) is 0 Å². The third-order valence-electron chi connectivity index (χ3n) is 7.61. The lowest BCUT2D eigenvalue weighted by molar-refractivity contribution is 0.0884. The molecule has 0 spiro atoms. The molecular weight excluding hydrogens is 641 g/mol. The fourth-order valence-corrected chi connectivity index (χ4v) is 9.10. The van der Waals surface area contributed by atoms with Gasteiger partial charge in [0.1, 0.15) is 0 Å². The fourth-order valence-electron chi connectivity index (χ4n) is 5.58. The van der Waals surface area contributed by atoms with Crippen LogP contribution in [0.4, 0.5) is 0 Å². The predicted octanol–water partition coefficient (Wildman–Crippen LogP) is 15.0. The maximum absolute atomic E-state index is 6.34. The highest BCUT2D eigenvalue weighted by Gasteiger charge is 2.27. The van der Waals surface area contributed by atoms with Crippen molar-refractivity contribution in [2.75, 3.05) is 0 Å². The fraction of sp³-hybridized carbons (Fsp3) is 0.522. The summed E-state index contributed by atoms with van der Waals surface area (Å²) in [6.45, 7) is 35.5. The Balaban J connectivity index is 4.73. The van der Waals surface area contributed by atoms with Gasteiger partial charge in [0.25, 0.3) is 0 Å². The van der Waals surface area contributed by atoms with Gasteiger partial charge in [0, 0.05) is 0 Å². The molecule has 0 rings (SSSR count). The van der Waals surface area contributed by atoms with E-state index in [1.165, 1.54) is 33.4 Å². The van der Waals surface area contributed by atoms with E-state index in [-0.39, 0.29) is 11.2 Å². The molecule has 0 aromatic rings. The van der Waals surface area contributed by atoms with Crippen LogP contribution in [0.15, 0.2) is 131 Å². The first-order valence-electron chi connectivity index (χ1n) is 18.8. The highest BCUT2D eigenvalue weighted by Crippen LogP contribution is 2.25. The third-order valence-corrected chi connectivity index (χ3v) is 9.94. The van der Waals surface area contributed by atoms with E-state index in [1.807, 2.05) is 0 Å². The number of rotatable bonds is 22. The minimum Gasteiger partial charge on any atom is -0.413 e. The Bertz CT molecular complexity index is 1250. The zero-order chi connectivity index (χ0) is 38.4. The molecule has 0 N–H and O–H groups in total. The SMILES string of the molecule is CC(/C=C/C=C(C)/C=C/C=C(\C)CCCC(C)(C)O[Si](C)(C)C)=C\C=C\C=C(C)\C=C\C=C(C)\C=C\C=C(/C)CCCC(C)(C)O[Si](C)(C)C. The van der Waals surface area contributed by atoms with Crippen molar-refractivity contribution in [3.8, 4) is 0 Å². The first-order chi connectivity index (χ1) is 23.0. The van der Waals surface area contributed by atoms with Gasteiger partial charge in [-0.05, 0) is 147 Å². The standard InChI is InChI=1S/C46H76O2Si2/c1-39(27-19-29-41(3)31-21-33-43(5)35-23-37-45(7,8)47-49(11,12)13)25-17-18-26-40(2)28-20-30-42(4)32-22-34-44(6)36-24-38-46(9,10)48-50(14,15)16/h17-22,25-34H,23-24,35-38H2,1-16H3/b18-17+,27-19+,28-20+,31-21+,32-22+,39-25+,40-26+,41-29+,42-30+,43-33+,44-34+. The molecule has 2 nitrogen and oxygen atoms in total. The Kier molecular flexibility index (Phi) is 22.7. The summed E-state index contributed by atoms with van der Waals surface area (Å²) >= 11 is 0. The Labute approximate surface area is 313 Å². The van der Waals surface area contributed by atoms with Gasteiger partial charge in [-0.1, -0.05) is 131 Å². The minimum atomic E-state index is -1.51. The molecule has 0 heterocycles. The van der Waals surface area contributed by atoms with Crippen LogP contribution in [0.5, 0.6) is 0 Å². The lowest BCUT2D eigenvalue weighted by Gasteiger charge is -2.33. The number of allylic oxidation sites excluding steroid dienone is 22. The minimum absolute atomic E-state index is 0.0314. The van der Waals surface area contributed by atoms with Gasteiger partial charge in [0.15, 0.2) is 16.6 Å². The molecule has 280 valence electrons. The second-order valence-corrected chi connectivity index (χ2v) is 26.0. The summed E-state index contributed by atoms with van der Waals surface area (Å²) in [4.78, 5) is 0. The molecule has 0 radical (unpaired) electrons. The smallest absolute Gasteiger partial charge is 0.184 e. The molecule has 0 saturated carbocycles. The van der Waals surface area contributed by atoms with E-state index >= 15 is 0 Å². The van der Waals surface area contributed by atoms with Crippen molar-refractivity contribution in [3.63, 3.8) is 0 Å². The quantitative estimate of drug-likeness (QED) is 0.0820. The molecule has 0 atom stereocenters. The lowest BCUT2D eigenvalue weighted by atomic mass is 9.99. The van der Waals surface area contributed by atoms with Gasteiger partial charge < -0.3 is 8.85 Å². The summed E-state index contributed by atoms with van der Waals surface area (Å²) < 4.78 is 12.7.